The van der Waals surface area contributed by atoms with Gasteiger partial charge >= 0.3 is 0 Å². The third-order valence-corrected chi connectivity index (χ3v) is 4.47. The Bertz CT molecular complexity index is 652. The van der Waals surface area contributed by atoms with Crippen LogP contribution in [0.4, 0.5) is 11.5 Å². The summed E-state index contributed by atoms with van der Waals surface area (Å²) >= 11 is 0. The molecule has 0 N–H and O–H groups in total. The molecule has 0 aliphatic carbocycles. The molecule has 2 aromatic heterocycles. The Morgan fingerprint density at radius 3 is 2.52 bits per heavy atom. The molecule has 0 amide bonds. The first-order chi connectivity index (χ1) is 12.2. The molecule has 9 heteroatoms. The molecule has 0 spiro atoms. The van der Waals surface area contributed by atoms with Gasteiger partial charge in [0.25, 0.3) is 5.69 Å². The van der Waals surface area contributed by atoms with Gasteiger partial charge < -0.3 is 4.90 Å². The summed E-state index contributed by atoms with van der Waals surface area (Å²) in [5.74, 6) is 0.818. The zero-order chi connectivity index (χ0) is 17.5. The first-order valence-electron chi connectivity index (χ1n) is 8.62. The Balaban J connectivity index is 1.33. The fraction of sp³-hybridized carbons (Fsp3) is 0.562. The molecule has 134 valence electrons. The molecule has 0 bridgehead atoms. The molecule has 0 aromatic carbocycles. The Kier molecular flexibility index (Phi) is 5.89. The summed E-state index contributed by atoms with van der Waals surface area (Å²) in [6.07, 6.45) is 8.14. The van der Waals surface area contributed by atoms with Crippen molar-refractivity contribution in [1.82, 2.24) is 24.6 Å². The standard InChI is InChI=1S/C16H23N7O2/c24-23(25)15-4-5-16(18-12-15)21-10-8-20(9-11-21)6-2-1-3-7-22-14-17-13-19-22/h4-5,12-14H,1-3,6-11H2. The highest BCUT2D eigenvalue weighted by atomic mass is 16.6. The van der Waals surface area contributed by atoms with Crippen LogP contribution in [0.15, 0.2) is 31.0 Å². The van der Waals surface area contributed by atoms with Gasteiger partial charge in [-0.2, -0.15) is 5.10 Å². The maximum Gasteiger partial charge on any atom is 0.287 e. The third kappa shape index (κ3) is 4.96. The minimum absolute atomic E-state index is 0.0354. The van der Waals surface area contributed by atoms with E-state index in [1.54, 1.807) is 18.7 Å². The highest BCUT2D eigenvalue weighted by Gasteiger charge is 2.18. The van der Waals surface area contributed by atoms with Gasteiger partial charge in [-0.3, -0.25) is 19.7 Å². The molecule has 0 saturated carbocycles. The van der Waals surface area contributed by atoms with E-state index in [1.165, 1.54) is 25.1 Å². The van der Waals surface area contributed by atoms with Gasteiger partial charge in [0.1, 0.15) is 24.7 Å². The second-order valence-corrected chi connectivity index (χ2v) is 6.18. The van der Waals surface area contributed by atoms with Crippen LogP contribution in [0, 0.1) is 10.1 Å². The fourth-order valence-corrected chi connectivity index (χ4v) is 3.01. The lowest BCUT2D eigenvalue weighted by molar-refractivity contribution is -0.385. The molecule has 1 aliphatic heterocycles. The van der Waals surface area contributed by atoms with Crippen molar-refractivity contribution in [1.29, 1.82) is 0 Å². The van der Waals surface area contributed by atoms with E-state index in [9.17, 15) is 10.1 Å². The molecule has 1 fully saturated rings. The van der Waals surface area contributed by atoms with Crippen LogP contribution in [0.5, 0.6) is 0 Å². The molecule has 3 heterocycles. The molecule has 2 aromatic rings. The zero-order valence-electron chi connectivity index (χ0n) is 14.2. The van der Waals surface area contributed by atoms with Crippen LogP contribution in [0.3, 0.4) is 0 Å². The van der Waals surface area contributed by atoms with Gasteiger partial charge in [0.2, 0.25) is 0 Å². The van der Waals surface area contributed by atoms with Crippen molar-refractivity contribution in [3.8, 4) is 0 Å². The first-order valence-corrected chi connectivity index (χ1v) is 8.62. The first kappa shape index (κ1) is 17.3. The van der Waals surface area contributed by atoms with Crippen molar-refractivity contribution >= 4 is 11.5 Å². The molecule has 25 heavy (non-hydrogen) atoms. The summed E-state index contributed by atoms with van der Waals surface area (Å²) in [6.45, 7) is 5.86. The van der Waals surface area contributed by atoms with Gasteiger partial charge in [-0.15, -0.1) is 0 Å². The molecule has 0 atom stereocenters. The number of anilines is 1. The topological polar surface area (TPSA) is 93.2 Å². The van der Waals surface area contributed by atoms with E-state index in [2.05, 4.69) is 24.9 Å². The lowest BCUT2D eigenvalue weighted by Crippen LogP contribution is -2.46. The van der Waals surface area contributed by atoms with Gasteiger partial charge in [0.05, 0.1) is 4.92 Å². The Labute approximate surface area is 146 Å². The lowest BCUT2D eigenvalue weighted by atomic mass is 10.2. The number of unbranched alkanes of at least 4 members (excludes halogenated alkanes) is 2. The van der Waals surface area contributed by atoms with Gasteiger partial charge in [0, 0.05) is 38.8 Å². The minimum Gasteiger partial charge on any atom is -0.354 e. The molecule has 1 saturated heterocycles. The quantitative estimate of drug-likeness (QED) is 0.407. The molecule has 0 unspecified atom stereocenters. The van der Waals surface area contributed by atoms with Crippen molar-refractivity contribution in [2.75, 3.05) is 37.6 Å². The number of aromatic nitrogens is 4. The SMILES string of the molecule is O=[N+]([O-])c1ccc(N2CCN(CCCCCn3cncn3)CC2)nc1. The number of nitro groups is 1. The summed E-state index contributed by atoms with van der Waals surface area (Å²) in [6, 6.07) is 3.25. The maximum atomic E-state index is 10.7. The molecule has 1 aliphatic rings. The summed E-state index contributed by atoms with van der Waals surface area (Å²) in [4.78, 5) is 23.1. The highest BCUT2D eigenvalue weighted by molar-refractivity contribution is 5.43. The van der Waals surface area contributed by atoms with Gasteiger partial charge in [0.15, 0.2) is 0 Å². The number of nitrogens with zero attached hydrogens (tertiary/aromatic N) is 7. The largest absolute Gasteiger partial charge is 0.354 e. The second-order valence-electron chi connectivity index (χ2n) is 6.18. The Morgan fingerprint density at radius 1 is 1.08 bits per heavy atom. The van der Waals surface area contributed by atoms with Gasteiger partial charge in [-0.25, -0.2) is 9.97 Å². The average molecular weight is 345 g/mol. The van der Waals surface area contributed by atoms with E-state index in [1.807, 2.05) is 4.68 Å². The summed E-state index contributed by atoms with van der Waals surface area (Å²) in [5, 5.41) is 14.8. The normalized spacial score (nSPS) is 15.4. The number of aryl methyl sites for hydroxylation is 1. The van der Waals surface area contributed by atoms with Crippen molar-refractivity contribution < 1.29 is 4.92 Å². The van der Waals surface area contributed by atoms with Crippen LogP contribution in [0.2, 0.25) is 0 Å². The molecular weight excluding hydrogens is 322 g/mol. The number of piperazine rings is 1. The summed E-state index contributed by atoms with van der Waals surface area (Å²) in [5.41, 5.74) is 0.0354. The lowest BCUT2D eigenvalue weighted by Gasteiger charge is -2.35. The van der Waals surface area contributed by atoms with Crippen LogP contribution < -0.4 is 4.90 Å². The van der Waals surface area contributed by atoms with Gasteiger partial charge in [-0.1, -0.05) is 6.42 Å². The van der Waals surface area contributed by atoms with Crippen LogP contribution >= 0.6 is 0 Å². The number of hydrogen-bond acceptors (Lipinski definition) is 7. The number of hydrogen-bond donors (Lipinski definition) is 0. The van der Waals surface area contributed by atoms with E-state index >= 15 is 0 Å². The highest BCUT2D eigenvalue weighted by Crippen LogP contribution is 2.17. The van der Waals surface area contributed by atoms with Crippen LogP contribution in [-0.2, 0) is 6.54 Å². The van der Waals surface area contributed by atoms with Crippen LogP contribution in [-0.4, -0.2) is 62.3 Å². The smallest absolute Gasteiger partial charge is 0.287 e. The van der Waals surface area contributed by atoms with Crippen molar-refractivity contribution in [3.63, 3.8) is 0 Å². The van der Waals surface area contributed by atoms with Crippen LogP contribution in [0.25, 0.3) is 0 Å². The van der Waals surface area contributed by atoms with Crippen LogP contribution in [0.1, 0.15) is 19.3 Å². The minimum atomic E-state index is -0.419. The molecular formula is C16H23N7O2. The van der Waals surface area contributed by atoms with Crippen molar-refractivity contribution in [2.24, 2.45) is 0 Å². The predicted molar refractivity (Wildman–Crippen MR) is 93.4 cm³/mol. The van der Waals surface area contributed by atoms with Gasteiger partial charge in [-0.05, 0) is 25.5 Å². The maximum absolute atomic E-state index is 10.7. The third-order valence-electron chi connectivity index (χ3n) is 4.47. The fourth-order valence-electron chi connectivity index (χ4n) is 3.01. The van der Waals surface area contributed by atoms with Crippen molar-refractivity contribution in [3.05, 3.63) is 41.1 Å². The molecule has 0 radical (unpaired) electrons. The van der Waals surface area contributed by atoms with E-state index in [0.29, 0.717) is 0 Å². The zero-order valence-corrected chi connectivity index (χ0v) is 14.2. The summed E-state index contributed by atoms with van der Waals surface area (Å²) < 4.78 is 1.87. The Morgan fingerprint density at radius 2 is 1.88 bits per heavy atom. The van der Waals surface area contributed by atoms with E-state index < -0.39 is 4.92 Å². The number of rotatable bonds is 8. The second kappa shape index (κ2) is 8.52. The summed E-state index contributed by atoms with van der Waals surface area (Å²) in [7, 11) is 0. The number of pyridine rings is 1. The van der Waals surface area contributed by atoms with E-state index in [4.69, 9.17) is 0 Å². The molecule has 9 nitrogen and oxygen atoms in total. The Hall–Kier alpha value is -2.55. The predicted octanol–water partition coefficient (Wildman–Crippen LogP) is 1.57. The average Bonchev–Trinajstić information content (AvgIpc) is 3.15. The monoisotopic (exact) mass is 345 g/mol. The van der Waals surface area contributed by atoms with E-state index in [-0.39, 0.29) is 5.69 Å². The van der Waals surface area contributed by atoms with Crippen molar-refractivity contribution in [2.45, 2.75) is 25.8 Å². The molecule has 3 rings (SSSR count). The van der Waals surface area contributed by atoms with E-state index in [0.717, 1.165) is 51.5 Å².